The average molecular weight is 477 g/mol. The Balaban J connectivity index is 0.00000342. The number of aromatic nitrogens is 1. The van der Waals surface area contributed by atoms with Crippen LogP contribution in [-0.4, -0.2) is 29.6 Å². The maximum Gasteiger partial charge on any atom is 0.251 e. The van der Waals surface area contributed by atoms with Gasteiger partial charge in [-0.2, -0.15) is 0 Å². The summed E-state index contributed by atoms with van der Waals surface area (Å²) in [4.78, 5) is 42.0. The van der Waals surface area contributed by atoms with Crippen LogP contribution in [0.4, 0.5) is 0 Å². The summed E-state index contributed by atoms with van der Waals surface area (Å²) in [6.45, 7) is 4.36. The van der Waals surface area contributed by atoms with E-state index in [2.05, 4.69) is 10.3 Å². The normalized spacial score (nSPS) is 10.7. The molecular weight excluding hydrogens is 440 g/mol. The molecule has 0 atom stereocenters. The van der Waals surface area contributed by atoms with E-state index in [9.17, 15) is 14.4 Å². The van der Waals surface area contributed by atoms with E-state index in [1.165, 1.54) is 12.3 Å². The van der Waals surface area contributed by atoms with E-state index < -0.39 is 0 Å². The molecule has 0 saturated carbocycles. The summed E-state index contributed by atoms with van der Waals surface area (Å²) in [6.07, 6.45) is 3.97. The first kappa shape index (κ1) is 25.8. The van der Waals surface area contributed by atoms with Crippen LogP contribution >= 0.6 is 0 Å². The molecule has 1 aromatic heterocycles. The molecule has 0 aliphatic rings. The highest BCUT2D eigenvalue weighted by Crippen LogP contribution is 2.17. The first-order valence-electron chi connectivity index (χ1n) is 12.0. The van der Waals surface area contributed by atoms with Gasteiger partial charge in [0.1, 0.15) is 11.4 Å². The fourth-order valence-electron chi connectivity index (χ4n) is 3.90. The van der Waals surface area contributed by atoms with Gasteiger partial charge in [0.25, 0.3) is 5.91 Å². The molecule has 3 rings (SSSR count). The third-order valence-electron chi connectivity index (χ3n) is 6.13. The van der Waals surface area contributed by atoms with Gasteiger partial charge in [-0.25, -0.2) is 0 Å². The van der Waals surface area contributed by atoms with Crippen LogP contribution in [0.3, 0.4) is 0 Å². The average Bonchev–Trinajstić information content (AvgIpc) is 2.91. The van der Waals surface area contributed by atoms with Gasteiger partial charge in [0.2, 0.25) is 0 Å². The lowest BCUT2D eigenvalue weighted by Crippen LogP contribution is -2.23. The second-order valence-electron chi connectivity index (χ2n) is 8.46. The Morgan fingerprint density at radius 1 is 0.943 bits per heavy atom. The second-order valence-corrected chi connectivity index (χ2v) is 8.46. The van der Waals surface area contributed by atoms with Crippen molar-refractivity contribution in [3.05, 3.63) is 94.8 Å². The van der Waals surface area contributed by atoms with E-state index in [-0.39, 0.29) is 38.4 Å². The zero-order valence-corrected chi connectivity index (χ0v) is 20.5. The molecule has 35 heavy (non-hydrogen) atoms. The molecule has 6 nitrogen and oxygen atoms in total. The van der Waals surface area contributed by atoms with E-state index in [1.54, 1.807) is 13.2 Å². The molecular formula is C29H36N2O4. The number of rotatable bonds is 12. The third kappa shape index (κ3) is 7.09. The highest BCUT2D eigenvalue weighted by molar-refractivity contribution is 5.99. The summed E-state index contributed by atoms with van der Waals surface area (Å²) in [7, 11) is 1.61. The van der Waals surface area contributed by atoms with E-state index in [0.29, 0.717) is 24.1 Å². The largest absolute Gasteiger partial charge is 0.497 e. The predicted molar refractivity (Wildman–Crippen MR) is 140 cm³/mol. The van der Waals surface area contributed by atoms with E-state index in [4.69, 9.17) is 4.74 Å². The number of nitrogens with zero attached hydrogens (tertiary/aromatic N) is 1. The minimum Gasteiger partial charge on any atom is -0.497 e. The maximum absolute atomic E-state index is 12.7. The SMILES string of the molecule is CCC(CC)C(=O)c1ccc(CNC(=O)c2ccnc(C(=O)CCc3cccc(OC)c3)c2)cc1.[HH].[HH]. The van der Waals surface area contributed by atoms with Gasteiger partial charge >= 0.3 is 0 Å². The molecule has 0 saturated heterocycles. The Labute approximate surface area is 209 Å². The van der Waals surface area contributed by atoms with Crippen molar-refractivity contribution < 1.29 is 22.0 Å². The van der Waals surface area contributed by atoms with Crippen LogP contribution in [0.5, 0.6) is 5.75 Å². The predicted octanol–water partition coefficient (Wildman–Crippen LogP) is 5.95. The lowest BCUT2D eigenvalue weighted by atomic mass is 9.92. The standard InChI is InChI=1S/C29H32N2O4.2H2/c1-4-22(5-2)28(33)23-12-9-21(10-13-23)19-31-29(34)24-15-16-30-26(18-24)27(32)14-11-20-7-6-8-25(17-20)35-3;;/h6-10,12-13,15-18,22H,4-5,11,14,19H2,1-3H3,(H,31,34);2*1H. The number of carbonyl (C=O) groups is 3. The van der Waals surface area contributed by atoms with E-state index >= 15 is 0 Å². The molecule has 6 heteroatoms. The number of hydrogen-bond donors (Lipinski definition) is 1. The Kier molecular flexibility index (Phi) is 9.30. The number of Topliss-reactive ketones (excluding diaryl/α,β-unsaturated/α-hetero) is 2. The minimum atomic E-state index is -0.286. The molecule has 0 bridgehead atoms. The smallest absolute Gasteiger partial charge is 0.251 e. The number of ether oxygens (including phenoxy) is 1. The highest BCUT2D eigenvalue weighted by Gasteiger charge is 2.16. The van der Waals surface area contributed by atoms with Crippen molar-refractivity contribution in [2.75, 3.05) is 7.11 Å². The molecule has 2 aromatic carbocycles. The number of carbonyl (C=O) groups excluding carboxylic acids is 3. The zero-order chi connectivity index (χ0) is 25.2. The topological polar surface area (TPSA) is 85.4 Å². The number of methoxy groups -OCH3 is 1. The summed E-state index contributed by atoms with van der Waals surface area (Å²) in [6, 6.07) is 18.1. The van der Waals surface area contributed by atoms with Crippen LogP contribution in [0.25, 0.3) is 0 Å². The number of nitrogens with one attached hydrogen (secondary N) is 1. The Morgan fingerprint density at radius 2 is 1.69 bits per heavy atom. The molecule has 1 heterocycles. The van der Waals surface area contributed by atoms with Crippen molar-refractivity contribution in [1.29, 1.82) is 0 Å². The number of hydrogen-bond acceptors (Lipinski definition) is 5. The Hall–Kier alpha value is -3.80. The number of benzene rings is 2. The fourth-order valence-corrected chi connectivity index (χ4v) is 3.90. The molecule has 0 aliphatic heterocycles. The van der Waals surface area contributed by atoms with Gasteiger partial charge in [0, 0.05) is 39.1 Å². The van der Waals surface area contributed by atoms with Crippen molar-refractivity contribution in [2.45, 2.75) is 46.1 Å². The van der Waals surface area contributed by atoms with Crippen molar-refractivity contribution in [2.24, 2.45) is 5.92 Å². The van der Waals surface area contributed by atoms with E-state index in [1.807, 2.05) is 62.4 Å². The molecule has 0 aliphatic carbocycles. The van der Waals surface area contributed by atoms with Gasteiger partial charge in [-0.15, -0.1) is 0 Å². The summed E-state index contributed by atoms with van der Waals surface area (Å²) >= 11 is 0. The number of amides is 1. The number of aryl methyl sites for hydroxylation is 1. The summed E-state index contributed by atoms with van der Waals surface area (Å²) in [5.74, 6) is 0.538. The molecule has 0 spiro atoms. The quantitative estimate of drug-likeness (QED) is 0.327. The molecule has 3 aromatic rings. The van der Waals surface area contributed by atoms with Crippen LogP contribution in [-0.2, 0) is 13.0 Å². The van der Waals surface area contributed by atoms with Gasteiger partial charge in [0.05, 0.1) is 7.11 Å². The van der Waals surface area contributed by atoms with Crippen LogP contribution < -0.4 is 10.1 Å². The maximum atomic E-state index is 12.7. The van der Waals surface area contributed by atoms with Gasteiger partial charge in [0.15, 0.2) is 11.6 Å². The Morgan fingerprint density at radius 3 is 2.37 bits per heavy atom. The number of ketones is 2. The lowest BCUT2D eigenvalue weighted by molar-refractivity contribution is 0.0910. The van der Waals surface area contributed by atoms with Gasteiger partial charge in [-0.05, 0) is 54.7 Å². The molecule has 0 unspecified atom stereocenters. The highest BCUT2D eigenvalue weighted by atomic mass is 16.5. The first-order valence-corrected chi connectivity index (χ1v) is 12.0. The summed E-state index contributed by atoms with van der Waals surface area (Å²) in [5.41, 5.74) is 3.23. The molecule has 1 amide bonds. The third-order valence-corrected chi connectivity index (χ3v) is 6.13. The van der Waals surface area contributed by atoms with Gasteiger partial charge in [-0.1, -0.05) is 50.2 Å². The van der Waals surface area contributed by atoms with Crippen molar-refractivity contribution in [1.82, 2.24) is 10.3 Å². The minimum absolute atomic E-state index is 0. The van der Waals surface area contributed by atoms with Crippen molar-refractivity contribution in [3.8, 4) is 5.75 Å². The van der Waals surface area contributed by atoms with Crippen LogP contribution in [0.15, 0.2) is 66.9 Å². The first-order chi connectivity index (χ1) is 16.9. The molecule has 186 valence electrons. The number of pyridine rings is 1. The molecule has 0 fully saturated rings. The molecule has 0 radical (unpaired) electrons. The van der Waals surface area contributed by atoms with Crippen LogP contribution in [0, 0.1) is 5.92 Å². The van der Waals surface area contributed by atoms with Gasteiger partial charge < -0.3 is 10.1 Å². The summed E-state index contributed by atoms with van der Waals surface area (Å²) in [5, 5.41) is 2.87. The fraction of sp³-hybridized carbons (Fsp3) is 0.310. The van der Waals surface area contributed by atoms with Crippen LogP contribution in [0.2, 0.25) is 0 Å². The van der Waals surface area contributed by atoms with Crippen LogP contribution in [0.1, 0.15) is 78.3 Å². The van der Waals surface area contributed by atoms with Crippen molar-refractivity contribution >= 4 is 17.5 Å². The lowest BCUT2D eigenvalue weighted by Gasteiger charge is -2.11. The van der Waals surface area contributed by atoms with Crippen molar-refractivity contribution in [3.63, 3.8) is 0 Å². The zero-order valence-electron chi connectivity index (χ0n) is 20.5. The summed E-state index contributed by atoms with van der Waals surface area (Å²) < 4.78 is 5.22. The Bertz CT molecular complexity index is 1180. The monoisotopic (exact) mass is 476 g/mol. The molecule has 1 N–H and O–H groups in total. The van der Waals surface area contributed by atoms with Gasteiger partial charge in [-0.3, -0.25) is 19.4 Å². The van der Waals surface area contributed by atoms with E-state index in [0.717, 1.165) is 29.7 Å². The second kappa shape index (κ2) is 12.6.